The molecule has 2 N–H and O–H groups in total. The Labute approximate surface area is 142 Å². The maximum absolute atomic E-state index is 12.1. The van der Waals surface area contributed by atoms with Crippen LogP contribution in [-0.2, 0) is 0 Å². The van der Waals surface area contributed by atoms with E-state index in [2.05, 4.69) is 31.5 Å². The predicted octanol–water partition coefficient (Wildman–Crippen LogP) is 3.29. The van der Waals surface area contributed by atoms with Crippen LogP contribution in [0.5, 0.6) is 5.75 Å². The topological polar surface area (TPSA) is 63.2 Å². The van der Waals surface area contributed by atoms with Crippen molar-refractivity contribution < 1.29 is 9.53 Å². The summed E-state index contributed by atoms with van der Waals surface area (Å²) >= 11 is 8.46. The number of ether oxygens (including phenoxy) is 1. The van der Waals surface area contributed by atoms with Gasteiger partial charge in [-0.1, -0.05) is 6.07 Å². The molecule has 0 aliphatic carbocycles. The summed E-state index contributed by atoms with van der Waals surface area (Å²) in [7, 11) is 1.56. The van der Waals surface area contributed by atoms with Crippen molar-refractivity contribution in [2.75, 3.05) is 12.4 Å². The van der Waals surface area contributed by atoms with Gasteiger partial charge >= 0.3 is 0 Å². The maximum Gasteiger partial charge on any atom is 0.257 e. The first-order chi connectivity index (χ1) is 10.5. The third-order valence-corrected chi connectivity index (χ3v) is 3.59. The van der Waals surface area contributed by atoms with E-state index in [1.54, 1.807) is 31.4 Å². The lowest BCUT2D eigenvalue weighted by molar-refractivity contribution is 0.0977. The minimum absolute atomic E-state index is 0.190. The lowest BCUT2D eigenvalue weighted by Crippen LogP contribution is -2.34. The number of carbonyl (C=O) groups is 1. The van der Waals surface area contributed by atoms with Crippen molar-refractivity contribution in [3.05, 3.63) is 52.1 Å². The Morgan fingerprint density at radius 3 is 2.73 bits per heavy atom. The molecule has 2 rings (SSSR count). The van der Waals surface area contributed by atoms with Gasteiger partial charge in [0.1, 0.15) is 11.6 Å². The summed E-state index contributed by atoms with van der Waals surface area (Å²) in [4.78, 5) is 16.4. The number of hydrogen-bond acceptors (Lipinski definition) is 4. The molecule has 0 fully saturated rings. The number of thiocarbonyl (C=S) groups is 1. The number of nitrogens with zero attached hydrogens (tertiary/aromatic N) is 1. The number of aryl methyl sites for hydroxylation is 1. The third kappa shape index (κ3) is 4.25. The molecule has 5 nitrogen and oxygen atoms in total. The van der Waals surface area contributed by atoms with Gasteiger partial charge in [-0.3, -0.25) is 10.1 Å². The van der Waals surface area contributed by atoms with Crippen LogP contribution in [0.1, 0.15) is 16.1 Å². The van der Waals surface area contributed by atoms with Crippen LogP contribution in [-0.4, -0.2) is 23.1 Å². The first kappa shape index (κ1) is 16.4. The van der Waals surface area contributed by atoms with E-state index in [0.29, 0.717) is 21.6 Å². The lowest BCUT2D eigenvalue weighted by atomic mass is 10.2. The molecule has 0 aliphatic heterocycles. The van der Waals surface area contributed by atoms with Crippen LogP contribution in [0.25, 0.3) is 0 Å². The summed E-state index contributed by atoms with van der Waals surface area (Å²) in [5.41, 5.74) is 1.33. The van der Waals surface area contributed by atoms with Gasteiger partial charge in [0, 0.05) is 11.3 Å². The number of pyridine rings is 1. The van der Waals surface area contributed by atoms with E-state index in [1.165, 1.54) is 0 Å². The number of halogens is 1. The largest absolute Gasteiger partial charge is 0.496 e. The minimum Gasteiger partial charge on any atom is -0.496 e. The van der Waals surface area contributed by atoms with Crippen molar-refractivity contribution in [1.82, 2.24) is 10.3 Å². The van der Waals surface area contributed by atoms with Crippen molar-refractivity contribution in [2.24, 2.45) is 0 Å². The fraction of sp³-hybridized carbons (Fsp3) is 0.133. The van der Waals surface area contributed by atoms with Crippen molar-refractivity contribution in [2.45, 2.75) is 6.92 Å². The van der Waals surface area contributed by atoms with Crippen LogP contribution in [0, 0.1) is 6.92 Å². The number of amides is 1. The van der Waals surface area contributed by atoms with Gasteiger partial charge < -0.3 is 10.1 Å². The normalized spacial score (nSPS) is 9.95. The van der Waals surface area contributed by atoms with E-state index in [1.807, 2.05) is 19.1 Å². The Hall–Kier alpha value is -1.99. The number of anilines is 1. The highest BCUT2D eigenvalue weighted by Gasteiger charge is 2.10. The monoisotopic (exact) mass is 379 g/mol. The molecule has 0 saturated heterocycles. The van der Waals surface area contributed by atoms with Gasteiger partial charge in [-0.15, -0.1) is 0 Å². The lowest BCUT2D eigenvalue weighted by Gasteiger charge is -2.10. The van der Waals surface area contributed by atoms with Gasteiger partial charge in [-0.25, -0.2) is 4.98 Å². The fourth-order valence-electron chi connectivity index (χ4n) is 1.74. The van der Waals surface area contributed by atoms with Crippen molar-refractivity contribution in [3.63, 3.8) is 0 Å². The zero-order valence-corrected chi connectivity index (χ0v) is 14.4. The number of nitrogens with one attached hydrogen (secondary N) is 2. The van der Waals surface area contributed by atoms with Gasteiger partial charge in [-0.2, -0.15) is 0 Å². The predicted molar refractivity (Wildman–Crippen MR) is 93.4 cm³/mol. The van der Waals surface area contributed by atoms with Crippen molar-refractivity contribution in [3.8, 4) is 5.75 Å². The van der Waals surface area contributed by atoms with E-state index in [0.717, 1.165) is 5.69 Å². The average molecular weight is 380 g/mol. The number of hydrogen-bond donors (Lipinski definition) is 2. The highest BCUT2D eigenvalue weighted by Crippen LogP contribution is 2.25. The van der Waals surface area contributed by atoms with E-state index in [4.69, 9.17) is 17.0 Å². The molecule has 22 heavy (non-hydrogen) atoms. The Bertz CT molecular complexity index is 722. The second-order valence-electron chi connectivity index (χ2n) is 4.42. The van der Waals surface area contributed by atoms with Gasteiger partial charge in [0.15, 0.2) is 5.11 Å². The fourth-order valence-corrected chi connectivity index (χ4v) is 2.48. The standard InChI is InChI=1S/C15H14BrN3O2S/c1-9-4-3-5-13(17-9)18-15(22)19-14(20)10-6-7-12(21-2)11(16)8-10/h3-8H,1-2H3,(H2,17,18,19,20,22). The Morgan fingerprint density at radius 1 is 1.32 bits per heavy atom. The molecule has 0 spiro atoms. The third-order valence-electron chi connectivity index (χ3n) is 2.77. The number of carbonyl (C=O) groups excluding carboxylic acids is 1. The smallest absolute Gasteiger partial charge is 0.257 e. The summed E-state index contributed by atoms with van der Waals surface area (Å²) in [6.45, 7) is 1.88. The van der Waals surface area contributed by atoms with E-state index >= 15 is 0 Å². The van der Waals surface area contributed by atoms with E-state index < -0.39 is 0 Å². The second kappa shape index (κ2) is 7.33. The van der Waals surface area contributed by atoms with Gasteiger partial charge in [0.25, 0.3) is 5.91 Å². The van der Waals surface area contributed by atoms with Crippen LogP contribution in [0.3, 0.4) is 0 Å². The molecule has 1 heterocycles. The molecular formula is C15H14BrN3O2S. The highest BCUT2D eigenvalue weighted by molar-refractivity contribution is 9.10. The number of methoxy groups -OCH3 is 1. The first-order valence-electron chi connectivity index (χ1n) is 6.39. The molecule has 0 bridgehead atoms. The Kier molecular flexibility index (Phi) is 5.46. The Balaban J connectivity index is 2.02. The SMILES string of the molecule is COc1ccc(C(=O)NC(=S)Nc2cccc(C)n2)cc1Br. The highest BCUT2D eigenvalue weighted by atomic mass is 79.9. The van der Waals surface area contributed by atoms with Crippen LogP contribution in [0.15, 0.2) is 40.9 Å². The van der Waals surface area contributed by atoms with Gasteiger partial charge in [-0.05, 0) is 65.4 Å². The molecule has 0 aliphatic rings. The van der Waals surface area contributed by atoms with Crippen LogP contribution < -0.4 is 15.4 Å². The summed E-state index contributed by atoms with van der Waals surface area (Å²) in [5.74, 6) is 0.927. The summed E-state index contributed by atoms with van der Waals surface area (Å²) in [5, 5.41) is 5.67. The number of rotatable bonds is 3. The average Bonchev–Trinajstić information content (AvgIpc) is 2.46. The molecule has 1 aromatic carbocycles. The molecule has 0 unspecified atom stereocenters. The number of benzene rings is 1. The van der Waals surface area contributed by atoms with Crippen LogP contribution in [0.2, 0.25) is 0 Å². The van der Waals surface area contributed by atoms with Crippen molar-refractivity contribution in [1.29, 1.82) is 0 Å². The zero-order chi connectivity index (χ0) is 16.1. The Morgan fingerprint density at radius 2 is 2.09 bits per heavy atom. The van der Waals surface area contributed by atoms with E-state index in [-0.39, 0.29) is 11.0 Å². The molecule has 0 saturated carbocycles. The van der Waals surface area contributed by atoms with Crippen molar-refractivity contribution >= 4 is 45.0 Å². The molecule has 7 heteroatoms. The maximum atomic E-state index is 12.1. The second-order valence-corrected chi connectivity index (χ2v) is 5.68. The van der Waals surface area contributed by atoms with Crippen LogP contribution >= 0.6 is 28.1 Å². The molecule has 1 amide bonds. The summed E-state index contributed by atoms with van der Waals surface area (Å²) < 4.78 is 5.82. The molecule has 0 radical (unpaired) electrons. The van der Waals surface area contributed by atoms with Crippen LogP contribution in [0.4, 0.5) is 5.82 Å². The molecular weight excluding hydrogens is 366 g/mol. The summed E-state index contributed by atoms with van der Waals surface area (Å²) in [6.07, 6.45) is 0. The first-order valence-corrected chi connectivity index (χ1v) is 7.59. The quantitative estimate of drug-likeness (QED) is 0.801. The minimum atomic E-state index is -0.312. The van der Waals surface area contributed by atoms with Gasteiger partial charge in [0.2, 0.25) is 0 Å². The molecule has 114 valence electrons. The van der Waals surface area contributed by atoms with Gasteiger partial charge in [0.05, 0.1) is 11.6 Å². The molecule has 2 aromatic rings. The number of aromatic nitrogens is 1. The zero-order valence-electron chi connectivity index (χ0n) is 12.0. The molecule has 1 aromatic heterocycles. The molecule has 0 atom stereocenters. The van der Waals surface area contributed by atoms with E-state index in [9.17, 15) is 4.79 Å². The summed E-state index contributed by atoms with van der Waals surface area (Å²) in [6, 6.07) is 10.5.